The lowest BCUT2D eigenvalue weighted by Gasteiger charge is -2.29. The van der Waals surface area contributed by atoms with Gasteiger partial charge in [0.25, 0.3) is 0 Å². The number of aryl methyl sites for hydroxylation is 2. The van der Waals surface area contributed by atoms with Crippen molar-refractivity contribution in [2.75, 3.05) is 0 Å². The van der Waals surface area contributed by atoms with Crippen molar-refractivity contribution in [2.45, 2.75) is 59.3 Å². The topological polar surface area (TPSA) is 46.5 Å². The fourth-order valence-corrected chi connectivity index (χ4v) is 4.19. The first kappa shape index (κ1) is 28.5. The van der Waals surface area contributed by atoms with E-state index < -0.39 is 11.8 Å². The molecule has 0 radical (unpaired) electrons. The van der Waals surface area contributed by atoms with Gasteiger partial charge in [-0.2, -0.15) is 0 Å². The van der Waals surface area contributed by atoms with Crippen LogP contribution in [0.5, 0.6) is 5.75 Å². The van der Waals surface area contributed by atoms with Crippen LogP contribution < -0.4 is 4.74 Å². The van der Waals surface area contributed by atoms with Crippen LogP contribution in [0.3, 0.4) is 0 Å². The van der Waals surface area contributed by atoms with Crippen molar-refractivity contribution < 1.29 is 19.0 Å². The smallest absolute Gasteiger partial charge is 0.335 e. The largest absolute Gasteiger partial charge is 0.478 e. The molecule has 2 unspecified atom stereocenters. The molecule has 0 saturated heterocycles. The Hall–Kier alpha value is -3.11. The van der Waals surface area contributed by atoms with Gasteiger partial charge in [-0.05, 0) is 79.3 Å². The summed E-state index contributed by atoms with van der Waals surface area (Å²) in [4.78, 5) is 10.3. The monoisotopic (exact) mass is 522 g/mol. The highest BCUT2D eigenvalue weighted by Crippen LogP contribution is 2.47. The van der Waals surface area contributed by atoms with Gasteiger partial charge in [-0.3, -0.25) is 0 Å². The Morgan fingerprint density at radius 1 is 0.946 bits per heavy atom. The van der Waals surface area contributed by atoms with E-state index in [-0.39, 0.29) is 5.56 Å². The average Bonchev–Trinajstić information content (AvgIpc) is 3.72. The number of rotatable bonds is 5. The molecule has 0 aromatic heterocycles. The van der Waals surface area contributed by atoms with Crippen molar-refractivity contribution in [3.63, 3.8) is 0 Å². The van der Waals surface area contributed by atoms with E-state index in [9.17, 15) is 9.18 Å². The van der Waals surface area contributed by atoms with Gasteiger partial charge >= 0.3 is 5.97 Å². The van der Waals surface area contributed by atoms with Crippen LogP contribution in [0.1, 0.15) is 78.1 Å². The number of carbonyl (C=O) groups is 1. The number of para-hydroxylation sites is 1. The van der Waals surface area contributed by atoms with E-state index in [0.717, 1.165) is 34.8 Å². The molecule has 0 aliphatic heterocycles. The lowest BCUT2D eigenvalue weighted by molar-refractivity contribution is 0.0696. The van der Waals surface area contributed by atoms with Crippen molar-refractivity contribution in [2.24, 2.45) is 11.8 Å². The summed E-state index contributed by atoms with van der Waals surface area (Å²) in [7, 11) is 0. The number of hydrogen-bond acceptors (Lipinski definition) is 2. The molecular weight excluding hydrogens is 487 g/mol. The van der Waals surface area contributed by atoms with Crippen LogP contribution in [0, 0.1) is 31.5 Å². The molecule has 5 heteroatoms. The van der Waals surface area contributed by atoms with E-state index in [4.69, 9.17) is 21.4 Å². The molecule has 37 heavy (non-hydrogen) atoms. The molecule has 5 rings (SSSR count). The van der Waals surface area contributed by atoms with Crippen molar-refractivity contribution >= 4 is 23.3 Å². The zero-order valence-corrected chi connectivity index (χ0v) is 22.8. The Bertz CT molecular complexity index is 1240. The van der Waals surface area contributed by atoms with Gasteiger partial charge in [0, 0.05) is 5.56 Å². The van der Waals surface area contributed by atoms with Gasteiger partial charge in [0.05, 0.1) is 10.6 Å². The van der Waals surface area contributed by atoms with E-state index in [1.54, 1.807) is 6.92 Å². The third-order valence-electron chi connectivity index (χ3n) is 7.15. The maximum atomic E-state index is 12.7. The number of hydrogen-bond donors (Lipinski definition) is 1. The molecule has 2 saturated carbocycles. The van der Waals surface area contributed by atoms with E-state index in [1.807, 2.05) is 30.3 Å². The lowest BCUT2D eigenvalue weighted by atomic mass is 9.77. The normalized spacial score (nSPS) is 17.8. The number of aromatic carboxylic acids is 1. The molecular formula is C32H36ClFO3. The fourth-order valence-electron chi connectivity index (χ4n) is 3.97. The maximum absolute atomic E-state index is 12.7. The number of carboxylic acids is 1. The minimum atomic E-state index is -1.11. The lowest BCUT2D eigenvalue weighted by Crippen LogP contribution is -2.18. The summed E-state index contributed by atoms with van der Waals surface area (Å²) >= 11 is 6.31. The molecule has 2 fully saturated rings. The average molecular weight is 523 g/mol. The predicted molar refractivity (Wildman–Crippen MR) is 150 cm³/mol. The van der Waals surface area contributed by atoms with Crippen molar-refractivity contribution in [3.05, 3.63) is 106 Å². The Kier molecular flexibility index (Phi) is 9.93. The molecule has 3 nitrogen and oxygen atoms in total. The number of halogens is 2. The van der Waals surface area contributed by atoms with Crippen LogP contribution >= 0.6 is 11.6 Å². The third-order valence-corrected chi connectivity index (χ3v) is 7.45. The van der Waals surface area contributed by atoms with Gasteiger partial charge in [0.2, 0.25) is 0 Å². The van der Waals surface area contributed by atoms with Crippen LogP contribution in [0.25, 0.3) is 5.76 Å². The summed E-state index contributed by atoms with van der Waals surface area (Å²) < 4.78 is 18.7. The second-order valence-corrected chi connectivity index (χ2v) is 10.5. The molecule has 3 aromatic rings. The van der Waals surface area contributed by atoms with E-state index in [1.165, 1.54) is 43.4 Å². The summed E-state index contributed by atoms with van der Waals surface area (Å²) in [6, 6.07) is 17.9. The highest BCUT2D eigenvalue weighted by Gasteiger charge is 2.28. The SMILES string of the molecule is C=C(Oc1c(Cl)cccc1C1CC1)c1ccccc1C.CC1CCC1C.Cc1ccc(C(=O)O)cc1F. The summed E-state index contributed by atoms with van der Waals surface area (Å²) in [5.41, 5.74) is 3.81. The minimum absolute atomic E-state index is 0.0203. The van der Waals surface area contributed by atoms with Gasteiger partial charge < -0.3 is 9.84 Å². The highest BCUT2D eigenvalue weighted by molar-refractivity contribution is 6.32. The zero-order valence-electron chi connectivity index (χ0n) is 22.1. The van der Waals surface area contributed by atoms with E-state index in [2.05, 4.69) is 39.5 Å². The number of carboxylic acid groups (broad SMARTS) is 1. The van der Waals surface area contributed by atoms with Gasteiger partial charge in [0.1, 0.15) is 17.3 Å². The summed E-state index contributed by atoms with van der Waals surface area (Å²) in [6.07, 6.45) is 5.38. The summed E-state index contributed by atoms with van der Waals surface area (Å²) in [5, 5.41) is 9.09. The van der Waals surface area contributed by atoms with Crippen LogP contribution in [0.4, 0.5) is 4.39 Å². The minimum Gasteiger partial charge on any atom is -0.478 e. The van der Waals surface area contributed by atoms with Crippen LogP contribution in [0.2, 0.25) is 5.02 Å². The molecule has 0 bridgehead atoms. The van der Waals surface area contributed by atoms with Crippen molar-refractivity contribution in [1.82, 2.24) is 0 Å². The van der Waals surface area contributed by atoms with E-state index >= 15 is 0 Å². The fraction of sp³-hybridized carbons (Fsp3) is 0.344. The predicted octanol–water partition coefficient (Wildman–Crippen LogP) is 9.46. The molecule has 2 aliphatic rings. The van der Waals surface area contributed by atoms with Crippen LogP contribution in [0.15, 0.2) is 67.2 Å². The molecule has 0 amide bonds. The number of benzene rings is 3. The molecule has 0 heterocycles. The molecule has 1 N–H and O–H groups in total. The molecule has 2 atom stereocenters. The Balaban J connectivity index is 0.000000186. The molecule has 3 aromatic carbocycles. The van der Waals surface area contributed by atoms with Crippen molar-refractivity contribution in [3.8, 4) is 5.75 Å². The van der Waals surface area contributed by atoms with Gasteiger partial charge in [-0.25, -0.2) is 9.18 Å². The molecule has 196 valence electrons. The summed E-state index contributed by atoms with van der Waals surface area (Å²) in [6.45, 7) is 12.4. The number of ether oxygens (including phenoxy) is 1. The Morgan fingerprint density at radius 2 is 1.59 bits per heavy atom. The second-order valence-electron chi connectivity index (χ2n) is 10.1. The second kappa shape index (κ2) is 12.9. The Labute approximate surface area is 225 Å². The van der Waals surface area contributed by atoms with Crippen LogP contribution in [-0.2, 0) is 0 Å². The first-order valence-electron chi connectivity index (χ1n) is 12.8. The molecule has 2 aliphatic carbocycles. The van der Waals surface area contributed by atoms with E-state index in [0.29, 0.717) is 22.3 Å². The summed E-state index contributed by atoms with van der Waals surface area (Å²) in [5.74, 6) is 2.49. The van der Waals surface area contributed by atoms with Gasteiger partial charge in [-0.15, -0.1) is 0 Å². The third kappa shape index (κ3) is 7.93. The standard InChI is InChI=1S/C18H17ClO.C8H7FO2.C6H12/c1-12-6-3-4-7-15(12)13(2)20-18-16(14-10-11-14)8-5-9-17(18)19;1-5-2-3-6(8(10)11)4-7(5)9;1-5-3-4-6(5)2/h3-9,14H,2,10-11H2,1H3;2-4H,1H3,(H,10,11);5-6H,3-4H2,1-2H3. The van der Waals surface area contributed by atoms with Crippen LogP contribution in [-0.4, -0.2) is 11.1 Å². The first-order chi connectivity index (χ1) is 17.6. The first-order valence-corrected chi connectivity index (χ1v) is 13.2. The Morgan fingerprint density at radius 3 is 2.11 bits per heavy atom. The van der Waals surface area contributed by atoms with Gasteiger partial charge in [-0.1, -0.05) is 87.3 Å². The van der Waals surface area contributed by atoms with Gasteiger partial charge in [0.15, 0.2) is 0 Å². The zero-order chi connectivity index (χ0) is 27.1. The quantitative estimate of drug-likeness (QED) is 0.339. The maximum Gasteiger partial charge on any atom is 0.335 e. The highest BCUT2D eigenvalue weighted by atomic mass is 35.5. The van der Waals surface area contributed by atoms with Crippen molar-refractivity contribution in [1.29, 1.82) is 0 Å². The molecule has 0 spiro atoms.